The Morgan fingerprint density at radius 2 is 1.79 bits per heavy atom. The minimum absolute atomic E-state index is 0.0161. The summed E-state index contributed by atoms with van der Waals surface area (Å²) in [6.07, 6.45) is 4.32. The van der Waals surface area contributed by atoms with E-state index in [9.17, 15) is 13.2 Å². The number of amides is 1. The lowest BCUT2D eigenvalue weighted by atomic mass is 10.0. The highest BCUT2D eigenvalue weighted by Gasteiger charge is 2.24. The zero-order valence-corrected chi connectivity index (χ0v) is 15.6. The molecule has 0 saturated heterocycles. The number of nitrogens with one attached hydrogen (secondary N) is 1. The first-order valence-electron chi connectivity index (χ1n) is 8.68. The number of hydrogen-bond donors (Lipinski definition) is 1. The molecule has 6 heteroatoms. The molecule has 0 radical (unpaired) electrons. The molecule has 1 fully saturated rings. The first-order valence-corrected chi connectivity index (χ1v) is 10.2. The van der Waals surface area contributed by atoms with Crippen molar-refractivity contribution in [3.8, 4) is 0 Å². The molecule has 0 aliphatic heterocycles. The highest BCUT2D eigenvalue weighted by Crippen LogP contribution is 2.23. The number of sulfonamides is 1. The van der Waals surface area contributed by atoms with Gasteiger partial charge in [0.25, 0.3) is 0 Å². The summed E-state index contributed by atoms with van der Waals surface area (Å²) in [5.41, 5.74) is 1.11. The monoisotopic (exact) mass is 352 g/mol. The Morgan fingerprint density at radius 3 is 2.29 bits per heavy atom. The van der Waals surface area contributed by atoms with E-state index in [4.69, 9.17) is 0 Å². The predicted octanol–water partition coefficient (Wildman–Crippen LogP) is 2.88. The van der Waals surface area contributed by atoms with Crippen LogP contribution in [0.1, 0.15) is 57.9 Å². The molecule has 1 aromatic carbocycles. The molecule has 0 heterocycles. The van der Waals surface area contributed by atoms with Crippen molar-refractivity contribution < 1.29 is 13.2 Å². The van der Waals surface area contributed by atoms with E-state index in [0.29, 0.717) is 12.5 Å². The Balaban J connectivity index is 1.95. The molecule has 1 amide bonds. The Hall–Kier alpha value is -1.40. The van der Waals surface area contributed by atoms with Crippen molar-refractivity contribution in [1.29, 1.82) is 0 Å². The second-order valence-corrected chi connectivity index (χ2v) is 8.54. The third-order valence-electron chi connectivity index (χ3n) is 4.67. The van der Waals surface area contributed by atoms with Gasteiger partial charge in [0, 0.05) is 26.1 Å². The molecule has 134 valence electrons. The van der Waals surface area contributed by atoms with E-state index >= 15 is 0 Å². The van der Waals surface area contributed by atoms with E-state index in [1.54, 1.807) is 24.0 Å². The van der Waals surface area contributed by atoms with Gasteiger partial charge in [-0.25, -0.2) is 13.1 Å². The van der Waals surface area contributed by atoms with E-state index in [1.807, 2.05) is 12.1 Å². The fourth-order valence-corrected chi connectivity index (χ4v) is 4.25. The highest BCUT2D eigenvalue weighted by atomic mass is 32.2. The summed E-state index contributed by atoms with van der Waals surface area (Å²) in [6.45, 7) is 6.35. The number of nitrogens with zero attached hydrogens (tertiary/aromatic N) is 1. The van der Waals surface area contributed by atoms with Crippen molar-refractivity contribution in [3.05, 3.63) is 29.8 Å². The average Bonchev–Trinajstić information content (AvgIpc) is 3.05. The van der Waals surface area contributed by atoms with Gasteiger partial charge in [-0.1, -0.05) is 38.8 Å². The second kappa shape index (κ2) is 8.12. The van der Waals surface area contributed by atoms with Crippen LogP contribution >= 0.6 is 0 Å². The maximum atomic E-state index is 12.4. The first kappa shape index (κ1) is 18.9. The number of benzene rings is 1. The van der Waals surface area contributed by atoms with Crippen molar-refractivity contribution >= 4 is 15.9 Å². The van der Waals surface area contributed by atoms with Gasteiger partial charge < -0.3 is 4.90 Å². The molecular formula is C18H28N2O3S. The van der Waals surface area contributed by atoms with Crippen LogP contribution in [0.4, 0.5) is 0 Å². The van der Waals surface area contributed by atoms with Gasteiger partial charge in [-0.2, -0.15) is 0 Å². The van der Waals surface area contributed by atoms with Crippen LogP contribution in [0.25, 0.3) is 0 Å². The van der Waals surface area contributed by atoms with Gasteiger partial charge >= 0.3 is 0 Å². The zero-order valence-electron chi connectivity index (χ0n) is 14.8. The van der Waals surface area contributed by atoms with Gasteiger partial charge in [0.15, 0.2) is 0 Å². The molecule has 1 aliphatic rings. The van der Waals surface area contributed by atoms with Crippen LogP contribution in [0.2, 0.25) is 0 Å². The molecule has 1 aliphatic carbocycles. The minimum atomic E-state index is -3.54. The van der Waals surface area contributed by atoms with Crippen molar-refractivity contribution in [2.45, 2.75) is 63.3 Å². The van der Waals surface area contributed by atoms with Crippen LogP contribution in [-0.4, -0.2) is 38.4 Å². The third kappa shape index (κ3) is 4.80. The smallest absolute Gasteiger partial charge is 0.240 e. The maximum Gasteiger partial charge on any atom is 0.240 e. The largest absolute Gasteiger partial charge is 0.339 e. The Kier molecular flexibility index (Phi) is 6.40. The summed E-state index contributed by atoms with van der Waals surface area (Å²) in [4.78, 5) is 13.9. The first-order chi connectivity index (χ1) is 11.3. The summed E-state index contributed by atoms with van der Waals surface area (Å²) >= 11 is 0. The lowest BCUT2D eigenvalue weighted by Crippen LogP contribution is -2.42. The Bertz CT molecular complexity index is 647. The lowest BCUT2D eigenvalue weighted by molar-refractivity contribution is -0.130. The SMILES string of the molecule is CC(=O)N(CCNS(=O)(=O)c1ccc(C(C)C)cc1)C1CCCC1. The topological polar surface area (TPSA) is 66.5 Å². The van der Waals surface area contributed by atoms with Crippen LogP contribution in [0.5, 0.6) is 0 Å². The van der Waals surface area contributed by atoms with Crippen molar-refractivity contribution in [1.82, 2.24) is 9.62 Å². The molecule has 24 heavy (non-hydrogen) atoms. The van der Waals surface area contributed by atoms with Gasteiger partial charge in [-0.15, -0.1) is 0 Å². The van der Waals surface area contributed by atoms with Gasteiger partial charge in [-0.3, -0.25) is 4.79 Å². The van der Waals surface area contributed by atoms with Crippen molar-refractivity contribution in [2.24, 2.45) is 0 Å². The predicted molar refractivity (Wildman–Crippen MR) is 95.4 cm³/mol. The van der Waals surface area contributed by atoms with Gasteiger partial charge in [0.05, 0.1) is 4.90 Å². The number of carbonyl (C=O) groups excluding carboxylic acids is 1. The maximum absolute atomic E-state index is 12.4. The van der Waals surface area contributed by atoms with Crippen LogP contribution in [0.3, 0.4) is 0 Å². The van der Waals surface area contributed by atoms with E-state index in [1.165, 1.54) is 0 Å². The summed E-state index contributed by atoms with van der Waals surface area (Å²) in [7, 11) is -3.54. The molecule has 2 rings (SSSR count). The molecule has 0 unspecified atom stereocenters. The molecule has 0 bridgehead atoms. The van der Waals surface area contributed by atoms with Gasteiger partial charge in [0.2, 0.25) is 15.9 Å². The van der Waals surface area contributed by atoms with E-state index in [0.717, 1.165) is 31.2 Å². The van der Waals surface area contributed by atoms with Crippen molar-refractivity contribution in [2.75, 3.05) is 13.1 Å². The number of hydrogen-bond acceptors (Lipinski definition) is 3. The van der Waals surface area contributed by atoms with E-state index in [2.05, 4.69) is 18.6 Å². The number of rotatable bonds is 7. The summed E-state index contributed by atoms with van der Waals surface area (Å²) in [5, 5.41) is 0. The Morgan fingerprint density at radius 1 is 1.21 bits per heavy atom. The van der Waals surface area contributed by atoms with Gasteiger partial charge in [-0.05, 0) is 36.5 Å². The fraction of sp³-hybridized carbons (Fsp3) is 0.611. The molecule has 0 spiro atoms. The van der Waals surface area contributed by atoms with E-state index in [-0.39, 0.29) is 23.4 Å². The molecule has 1 saturated carbocycles. The quantitative estimate of drug-likeness (QED) is 0.820. The summed E-state index contributed by atoms with van der Waals surface area (Å²) < 4.78 is 27.4. The molecule has 1 N–H and O–H groups in total. The van der Waals surface area contributed by atoms with Crippen LogP contribution in [0, 0.1) is 0 Å². The molecule has 1 aromatic rings. The summed E-state index contributed by atoms with van der Waals surface area (Å²) in [6, 6.07) is 7.23. The van der Waals surface area contributed by atoms with E-state index < -0.39 is 10.0 Å². The normalized spacial score (nSPS) is 15.8. The summed E-state index contributed by atoms with van der Waals surface area (Å²) in [5.74, 6) is 0.382. The molecule has 0 aromatic heterocycles. The second-order valence-electron chi connectivity index (χ2n) is 6.77. The van der Waals surface area contributed by atoms with Crippen molar-refractivity contribution in [3.63, 3.8) is 0 Å². The molecule has 5 nitrogen and oxygen atoms in total. The van der Waals surface area contributed by atoms with Crippen LogP contribution in [0.15, 0.2) is 29.2 Å². The van der Waals surface area contributed by atoms with Gasteiger partial charge in [0.1, 0.15) is 0 Å². The molecular weight excluding hydrogens is 324 g/mol. The number of carbonyl (C=O) groups is 1. The Labute approximate surface area is 145 Å². The lowest BCUT2D eigenvalue weighted by Gasteiger charge is -2.27. The highest BCUT2D eigenvalue weighted by molar-refractivity contribution is 7.89. The third-order valence-corrected chi connectivity index (χ3v) is 6.15. The van der Waals surface area contributed by atoms with Crippen LogP contribution in [-0.2, 0) is 14.8 Å². The standard InChI is InChI=1S/C18H28N2O3S/c1-14(2)16-8-10-18(11-9-16)24(22,23)19-12-13-20(15(3)21)17-6-4-5-7-17/h8-11,14,17,19H,4-7,12-13H2,1-3H3. The van der Waals surface area contributed by atoms with Crippen LogP contribution < -0.4 is 4.72 Å². The molecule has 0 atom stereocenters. The fourth-order valence-electron chi connectivity index (χ4n) is 3.23. The zero-order chi connectivity index (χ0) is 17.7. The average molecular weight is 353 g/mol. The minimum Gasteiger partial charge on any atom is -0.339 e.